The minimum atomic E-state index is -3.60. The first-order chi connectivity index (χ1) is 11.7. The molecule has 25 heavy (non-hydrogen) atoms. The summed E-state index contributed by atoms with van der Waals surface area (Å²) in [4.78, 5) is 16.0. The summed E-state index contributed by atoms with van der Waals surface area (Å²) < 4.78 is 29.7. The van der Waals surface area contributed by atoms with Crippen molar-refractivity contribution in [3.8, 4) is 17.0 Å². The highest BCUT2D eigenvalue weighted by molar-refractivity contribution is 7.89. The Hall–Kier alpha value is -2.12. The van der Waals surface area contributed by atoms with E-state index >= 15 is 0 Å². The molecule has 2 rings (SSSR count). The summed E-state index contributed by atoms with van der Waals surface area (Å²) in [5.74, 6) is 0.0640. The fraction of sp³-hybridized carbons (Fsp3) is 0.294. The topological polar surface area (TPSA) is 85.4 Å². The lowest BCUT2D eigenvalue weighted by molar-refractivity contribution is 0.0981. The van der Waals surface area contributed by atoms with E-state index in [1.54, 1.807) is 24.4 Å². The number of rotatable bonds is 6. The second-order valence-electron chi connectivity index (χ2n) is 6.00. The van der Waals surface area contributed by atoms with Crippen molar-refractivity contribution in [1.29, 1.82) is 0 Å². The highest BCUT2D eigenvalue weighted by Gasteiger charge is 2.12. The van der Waals surface area contributed by atoms with Crippen LogP contribution in [0.3, 0.4) is 0 Å². The summed E-state index contributed by atoms with van der Waals surface area (Å²) in [6.07, 6.45) is 2.56. The molecule has 8 heteroatoms. The number of sulfonamides is 1. The Morgan fingerprint density at radius 2 is 1.88 bits per heavy atom. The molecule has 0 radical (unpaired) electrons. The number of nitrogens with one attached hydrogen (secondary N) is 1. The molecule has 0 saturated heterocycles. The van der Waals surface area contributed by atoms with Crippen molar-refractivity contribution in [3.05, 3.63) is 47.1 Å². The number of carbonyl (C=O) groups excluding carboxylic acids is 1. The van der Waals surface area contributed by atoms with E-state index in [0.29, 0.717) is 23.4 Å². The van der Waals surface area contributed by atoms with E-state index in [1.807, 2.05) is 18.6 Å². The number of hydrogen-bond donors (Lipinski definition) is 1. The molecule has 0 aliphatic rings. The lowest BCUT2D eigenvalue weighted by Crippen LogP contribution is -2.29. The second-order valence-corrected chi connectivity index (χ2v) is 8.15. The normalized spacial score (nSPS) is 11.4. The molecule has 0 bridgehead atoms. The maximum Gasteiger partial charge on any atom is 0.264 e. The van der Waals surface area contributed by atoms with Gasteiger partial charge in [0.05, 0.1) is 12.9 Å². The third-order valence-electron chi connectivity index (χ3n) is 3.12. The molecule has 1 aromatic carbocycles. The molecule has 1 heterocycles. The van der Waals surface area contributed by atoms with Crippen molar-refractivity contribution < 1.29 is 17.9 Å². The van der Waals surface area contributed by atoms with Crippen LogP contribution >= 0.6 is 11.6 Å². The van der Waals surface area contributed by atoms with Crippen LogP contribution in [0, 0.1) is 5.92 Å². The van der Waals surface area contributed by atoms with Crippen LogP contribution in [0.25, 0.3) is 11.1 Å². The van der Waals surface area contributed by atoms with Crippen molar-refractivity contribution in [2.45, 2.75) is 13.8 Å². The smallest absolute Gasteiger partial charge is 0.264 e. The van der Waals surface area contributed by atoms with Crippen LogP contribution < -0.4 is 9.46 Å². The van der Waals surface area contributed by atoms with Gasteiger partial charge in [-0.05, 0) is 29.7 Å². The number of hydrogen-bond acceptors (Lipinski definition) is 5. The van der Waals surface area contributed by atoms with Gasteiger partial charge in [0.15, 0.2) is 0 Å². The van der Waals surface area contributed by atoms with Crippen LogP contribution in [-0.2, 0) is 10.0 Å². The molecule has 0 aliphatic carbocycles. The summed E-state index contributed by atoms with van der Waals surface area (Å²) in [5.41, 5.74) is 1.79. The predicted octanol–water partition coefficient (Wildman–Crippen LogP) is 3.13. The van der Waals surface area contributed by atoms with Crippen LogP contribution in [0.5, 0.6) is 5.88 Å². The standard InChI is InChI=1S/C17H19ClN2O4S/c1-11(2)10-24-17-15(18)8-14(9-19-17)12-4-6-13(7-5-12)16(21)20-25(3,22)23/h4-9,11H,10H2,1-3H3,(H,20,21). The first kappa shape index (κ1) is 19.2. The first-order valence-electron chi connectivity index (χ1n) is 7.56. The van der Waals surface area contributed by atoms with Crippen LogP contribution in [0.2, 0.25) is 5.02 Å². The zero-order chi connectivity index (χ0) is 18.6. The number of benzene rings is 1. The van der Waals surface area contributed by atoms with Gasteiger partial charge in [-0.1, -0.05) is 37.6 Å². The van der Waals surface area contributed by atoms with E-state index in [4.69, 9.17) is 16.3 Å². The molecule has 1 N–H and O–H groups in total. The van der Waals surface area contributed by atoms with E-state index in [0.717, 1.165) is 17.4 Å². The number of amides is 1. The molecule has 1 amide bonds. The first-order valence-corrected chi connectivity index (χ1v) is 9.83. The van der Waals surface area contributed by atoms with E-state index in [1.165, 1.54) is 12.1 Å². The van der Waals surface area contributed by atoms with Gasteiger partial charge in [-0.2, -0.15) is 0 Å². The molecule has 0 fully saturated rings. The number of halogens is 1. The summed E-state index contributed by atoms with van der Waals surface area (Å²) in [6.45, 7) is 4.59. The fourth-order valence-electron chi connectivity index (χ4n) is 1.98. The van der Waals surface area contributed by atoms with Crippen molar-refractivity contribution in [3.63, 3.8) is 0 Å². The Morgan fingerprint density at radius 3 is 2.40 bits per heavy atom. The molecule has 1 aromatic heterocycles. The minimum absolute atomic E-state index is 0.241. The Bertz CT molecular complexity index is 865. The maximum atomic E-state index is 11.8. The van der Waals surface area contributed by atoms with Crippen molar-refractivity contribution in [2.75, 3.05) is 12.9 Å². The lowest BCUT2D eigenvalue weighted by atomic mass is 10.1. The highest BCUT2D eigenvalue weighted by atomic mass is 35.5. The number of carbonyl (C=O) groups is 1. The second kappa shape index (κ2) is 7.84. The summed E-state index contributed by atoms with van der Waals surface area (Å²) in [6, 6.07) is 8.19. The quantitative estimate of drug-likeness (QED) is 0.829. The van der Waals surface area contributed by atoms with Crippen LogP contribution in [0.1, 0.15) is 24.2 Å². The molecule has 0 atom stereocenters. The van der Waals surface area contributed by atoms with E-state index < -0.39 is 15.9 Å². The monoisotopic (exact) mass is 382 g/mol. The number of aromatic nitrogens is 1. The Kier molecular flexibility index (Phi) is 6.02. The van der Waals surface area contributed by atoms with Gasteiger partial charge in [-0.3, -0.25) is 4.79 Å². The molecule has 0 unspecified atom stereocenters. The average Bonchev–Trinajstić information content (AvgIpc) is 2.52. The molecule has 2 aromatic rings. The van der Waals surface area contributed by atoms with Crippen LogP contribution in [0.15, 0.2) is 36.5 Å². The average molecular weight is 383 g/mol. The third kappa shape index (κ3) is 5.72. The van der Waals surface area contributed by atoms with Gasteiger partial charge in [-0.15, -0.1) is 0 Å². The number of pyridine rings is 1. The SMILES string of the molecule is CC(C)COc1ncc(-c2ccc(C(=O)NS(C)(=O)=O)cc2)cc1Cl. The number of ether oxygens (including phenoxy) is 1. The molecule has 0 spiro atoms. The largest absolute Gasteiger partial charge is 0.476 e. The van der Waals surface area contributed by atoms with Crippen molar-refractivity contribution in [2.24, 2.45) is 5.92 Å². The molecule has 0 aliphatic heterocycles. The van der Waals surface area contributed by atoms with E-state index in [9.17, 15) is 13.2 Å². The van der Waals surface area contributed by atoms with Gasteiger partial charge in [0.1, 0.15) is 5.02 Å². The zero-order valence-corrected chi connectivity index (χ0v) is 15.7. The van der Waals surface area contributed by atoms with E-state index in [2.05, 4.69) is 4.98 Å². The molecular weight excluding hydrogens is 364 g/mol. The third-order valence-corrected chi connectivity index (χ3v) is 3.95. The Balaban J connectivity index is 2.17. The predicted molar refractivity (Wildman–Crippen MR) is 97.3 cm³/mol. The lowest BCUT2D eigenvalue weighted by Gasteiger charge is -2.10. The van der Waals surface area contributed by atoms with Crippen molar-refractivity contribution in [1.82, 2.24) is 9.71 Å². The molecule has 6 nitrogen and oxygen atoms in total. The van der Waals surface area contributed by atoms with Crippen molar-refractivity contribution >= 4 is 27.5 Å². The van der Waals surface area contributed by atoms with Gasteiger partial charge in [0.2, 0.25) is 15.9 Å². The molecule has 134 valence electrons. The van der Waals surface area contributed by atoms with Gasteiger partial charge >= 0.3 is 0 Å². The van der Waals surface area contributed by atoms with Crippen LogP contribution in [-0.4, -0.2) is 32.2 Å². The van der Waals surface area contributed by atoms with Gasteiger partial charge in [-0.25, -0.2) is 18.1 Å². The maximum absolute atomic E-state index is 11.8. The van der Waals surface area contributed by atoms with Gasteiger partial charge in [0.25, 0.3) is 5.91 Å². The summed E-state index contributed by atoms with van der Waals surface area (Å²) in [7, 11) is -3.60. The Morgan fingerprint density at radius 1 is 1.24 bits per heavy atom. The number of nitrogens with zero attached hydrogens (tertiary/aromatic N) is 1. The molecular formula is C17H19ClN2O4S. The van der Waals surface area contributed by atoms with E-state index in [-0.39, 0.29) is 5.56 Å². The van der Waals surface area contributed by atoms with Gasteiger partial charge < -0.3 is 4.74 Å². The van der Waals surface area contributed by atoms with Gasteiger partial charge in [0, 0.05) is 17.3 Å². The zero-order valence-electron chi connectivity index (χ0n) is 14.1. The van der Waals surface area contributed by atoms with Crippen LogP contribution in [0.4, 0.5) is 0 Å². The Labute approximate surface area is 152 Å². The fourth-order valence-corrected chi connectivity index (χ4v) is 2.65. The molecule has 0 saturated carbocycles. The highest BCUT2D eigenvalue weighted by Crippen LogP contribution is 2.28. The summed E-state index contributed by atoms with van der Waals surface area (Å²) >= 11 is 6.20. The summed E-state index contributed by atoms with van der Waals surface area (Å²) in [5, 5.41) is 0.400. The minimum Gasteiger partial charge on any atom is -0.476 e.